The lowest BCUT2D eigenvalue weighted by atomic mass is 10.1. The lowest BCUT2D eigenvalue weighted by Gasteiger charge is -2.07. The van der Waals surface area contributed by atoms with E-state index in [-0.39, 0.29) is 11.4 Å². The minimum absolute atomic E-state index is 0.0979. The van der Waals surface area contributed by atoms with E-state index in [0.29, 0.717) is 17.6 Å². The average molecular weight is 203 g/mol. The first-order valence-electron chi connectivity index (χ1n) is 3.64. The predicted octanol–water partition coefficient (Wildman–Crippen LogP) is 2.23. The molecule has 1 aromatic rings. The summed E-state index contributed by atoms with van der Waals surface area (Å²) in [6.07, 6.45) is 0.772. The lowest BCUT2D eigenvalue weighted by Crippen LogP contribution is -1.95. The molecule has 0 fully saturated rings. The molecule has 0 heterocycles. The maximum absolute atomic E-state index is 12.8. The highest BCUT2D eigenvalue weighted by Gasteiger charge is 2.09. The minimum Gasteiger partial charge on any atom is -0.495 e. The van der Waals surface area contributed by atoms with Crippen LogP contribution in [0.15, 0.2) is 12.1 Å². The molecule has 0 aliphatic carbocycles. The van der Waals surface area contributed by atoms with Crippen LogP contribution in [0.1, 0.15) is 5.56 Å². The van der Waals surface area contributed by atoms with Gasteiger partial charge in [-0.2, -0.15) is 0 Å². The molecule has 0 aromatic heterocycles. The highest BCUT2D eigenvalue weighted by atomic mass is 35.5. The SMILES string of the molecule is COc1c(Cl)cc(F)cc1CC=O. The molecule has 1 aromatic carbocycles. The van der Waals surface area contributed by atoms with Crippen LogP contribution in [0.2, 0.25) is 5.02 Å². The quantitative estimate of drug-likeness (QED) is 0.703. The topological polar surface area (TPSA) is 26.3 Å². The number of rotatable bonds is 3. The van der Waals surface area contributed by atoms with Crippen molar-refractivity contribution in [3.63, 3.8) is 0 Å². The summed E-state index contributed by atoms with van der Waals surface area (Å²) >= 11 is 5.69. The van der Waals surface area contributed by atoms with Gasteiger partial charge in [-0.3, -0.25) is 0 Å². The van der Waals surface area contributed by atoms with Gasteiger partial charge in [0.2, 0.25) is 0 Å². The molecule has 13 heavy (non-hydrogen) atoms. The second-order valence-corrected chi connectivity index (χ2v) is 2.86. The van der Waals surface area contributed by atoms with Gasteiger partial charge < -0.3 is 9.53 Å². The Bertz CT molecular complexity index is 326. The molecule has 0 bridgehead atoms. The molecule has 0 aliphatic rings. The van der Waals surface area contributed by atoms with E-state index < -0.39 is 5.82 Å². The third kappa shape index (κ3) is 2.18. The van der Waals surface area contributed by atoms with Crippen LogP contribution in [0.25, 0.3) is 0 Å². The standard InChI is InChI=1S/C9H8ClFO2/c1-13-9-6(2-3-12)4-7(11)5-8(9)10/h3-5H,2H2,1H3. The highest BCUT2D eigenvalue weighted by molar-refractivity contribution is 6.32. The van der Waals surface area contributed by atoms with Crippen LogP contribution in [0.4, 0.5) is 4.39 Å². The van der Waals surface area contributed by atoms with Crippen LogP contribution >= 0.6 is 11.6 Å². The maximum Gasteiger partial charge on any atom is 0.141 e. The van der Waals surface area contributed by atoms with Crippen molar-refractivity contribution in [1.29, 1.82) is 0 Å². The summed E-state index contributed by atoms with van der Waals surface area (Å²) in [5, 5.41) is 0.180. The Hall–Kier alpha value is -1.09. The van der Waals surface area contributed by atoms with Gasteiger partial charge in [-0.1, -0.05) is 11.6 Å². The summed E-state index contributed by atoms with van der Waals surface area (Å²) in [6, 6.07) is 2.38. The van der Waals surface area contributed by atoms with E-state index in [9.17, 15) is 9.18 Å². The number of carbonyl (C=O) groups is 1. The van der Waals surface area contributed by atoms with Crippen molar-refractivity contribution in [3.8, 4) is 5.75 Å². The number of hydrogen-bond acceptors (Lipinski definition) is 2. The number of benzene rings is 1. The molecule has 2 nitrogen and oxygen atoms in total. The van der Waals surface area contributed by atoms with Crippen LogP contribution in [0, 0.1) is 5.82 Å². The summed E-state index contributed by atoms with van der Waals surface area (Å²) in [5.74, 6) is -0.113. The Morgan fingerprint density at radius 2 is 2.31 bits per heavy atom. The molecule has 4 heteroatoms. The highest BCUT2D eigenvalue weighted by Crippen LogP contribution is 2.29. The fourth-order valence-electron chi connectivity index (χ4n) is 1.08. The molecule has 0 saturated heterocycles. The lowest BCUT2D eigenvalue weighted by molar-refractivity contribution is -0.107. The summed E-state index contributed by atoms with van der Waals surface area (Å²) in [5.41, 5.74) is 0.461. The zero-order chi connectivity index (χ0) is 9.84. The molecule has 0 aliphatic heterocycles. The maximum atomic E-state index is 12.8. The largest absolute Gasteiger partial charge is 0.495 e. The molecule has 70 valence electrons. The number of ether oxygens (including phenoxy) is 1. The normalized spacial score (nSPS) is 9.77. The van der Waals surface area contributed by atoms with Crippen LogP contribution in [0.3, 0.4) is 0 Å². The van der Waals surface area contributed by atoms with E-state index in [4.69, 9.17) is 16.3 Å². The Labute approximate surface area is 80.3 Å². The fraction of sp³-hybridized carbons (Fsp3) is 0.222. The van der Waals surface area contributed by atoms with Crippen LogP contribution in [-0.4, -0.2) is 13.4 Å². The Balaban J connectivity index is 3.20. The average Bonchev–Trinajstić information content (AvgIpc) is 2.04. The van der Waals surface area contributed by atoms with Crippen molar-refractivity contribution in [2.24, 2.45) is 0 Å². The summed E-state index contributed by atoms with van der Waals surface area (Å²) < 4.78 is 17.7. The van der Waals surface area contributed by atoms with Crippen molar-refractivity contribution in [3.05, 3.63) is 28.5 Å². The predicted molar refractivity (Wildman–Crippen MR) is 47.7 cm³/mol. The van der Waals surface area contributed by atoms with Crippen LogP contribution in [-0.2, 0) is 11.2 Å². The Kier molecular flexibility index (Phi) is 3.25. The first-order chi connectivity index (χ1) is 6.19. The molecule has 1 rings (SSSR count). The van der Waals surface area contributed by atoms with Crippen LogP contribution < -0.4 is 4.74 Å². The Morgan fingerprint density at radius 3 is 2.85 bits per heavy atom. The van der Waals surface area contributed by atoms with Gasteiger partial charge in [0.1, 0.15) is 17.9 Å². The number of halogens is 2. The molecule has 0 radical (unpaired) electrons. The number of aldehydes is 1. The third-order valence-corrected chi connectivity index (χ3v) is 1.87. The van der Waals surface area contributed by atoms with Crippen molar-refractivity contribution in [1.82, 2.24) is 0 Å². The zero-order valence-corrected chi connectivity index (χ0v) is 7.77. The summed E-state index contributed by atoms with van der Waals surface area (Å²) in [4.78, 5) is 10.2. The van der Waals surface area contributed by atoms with Gasteiger partial charge in [0.25, 0.3) is 0 Å². The summed E-state index contributed by atoms with van der Waals surface area (Å²) in [6.45, 7) is 0. The van der Waals surface area contributed by atoms with Gasteiger partial charge in [-0.25, -0.2) is 4.39 Å². The molecular weight excluding hydrogens is 195 g/mol. The van der Waals surface area contributed by atoms with E-state index in [2.05, 4.69) is 0 Å². The molecule has 0 amide bonds. The van der Waals surface area contributed by atoms with Crippen molar-refractivity contribution < 1.29 is 13.9 Å². The van der Waals surface area contributed by atoms with Crippen molar-refractivity contribution >= 4 is 17.9 Å². The van der Waals surface area contributed by atoms with Gasteiger partial charge in [0.05, 0.1) is 12.1 Å². The first kappa shape index (κ1) is 9.99. The molecule has 0 spiro atoms. The molecule has 0 saturated carbocycles. The van der Waals surface area contributed by atoms with Gasteiger partial charge in [0.15, 0.2) is 0 Å². The van der Waals surface area contributed by atoms with Gasteiger partial charge in [-0.15, -0.1) is 0 Å². The minimum atomic E-state index is -0.470. The second kappa shape index (κ2) is 4.23. The van der Waals surface area contributed by atoms with E-state index in [1.54, 1.807) is 0 Å². The molecule has 0 unspecified atom stereocenters. The van der Waals surface area contributed by atoms with Gasteiger partial charge in [0, 0.05) is 12.0 Å². The first-order valence-corrected chi connectivity index (χ1v) is 4.02. The molecule has 0 atom stereocenters. The summed E-state index contributed by atoms with van der Waals surface area (Å²) in [7, 11) is 1.42. The fourth-order valence-corrected chi connectivity index (χ4v) is 1.39. The zero-order valence-electron chi connectivity index (χ0n) is 7.01. The van der Waals surface area contributed by atoms with Gasteiger partial charge in [-0.05, 0) is 12.1 Å². The van der Waals surface area contributed by atoms with E-state index in [0.717, 1.165) is 6.07 Å². The third-order valence-electron chi connectivity index (χ3n) is 1.59. The second-order valence-electron chi connectivity index (χ2n) is 2.45. The smallest absolute Gasteiger partial charge is 0.141 e. The van der Waals surface area contributed by atoms with Gasteiger partial charge >= 0.3 is 0 Å². The Morgan fingerprint density at radius 1 is 1.62 bits per heavy atom. The van der Waals surface area contributed by atoms with E-state index in [1.165, 1.54) is 13.2 Å². The van der Waals surface area contributed by atoms with Crippen molar-refractivity contribution in [2.75, 3.05) is 7.11 Å². The number of hydrogen-bond donors (Lipinski definition) is 0. The van der Waals surface area contributed by atoms with E-state index >= 15 is 0 Å². The molecule has 0 N–H and O–H groups in total. The van der Waals surface area contributed by atoms with E-state index in [1.807, 2.05) is 0 Å². The monoisotopic (exact) mass is 202 g/mol. The molecular formula is C9H8ClFO2. The number of methoxy groups -OCH3 is 1. The van der Waals surface area contributed by atoms with Crippen LogP contribution in [0.5, 0.6) is 5.75 Å². The van der Waals surface area contributed by atoms with Crippen molar-refractivity contribution in [2.45, 2.75) is 6.42 Å². The number of carbonyl (C=O) groups excluding carboxylic acids is 1.